The van der Waals surface area contributed by atoms with Crippen LogP contribution < -0.4 is 5.48 Å². The van der Waals surface area contributed by atoms with Gasteiger partial charge in [-0.3, -0.25) is 0 Å². The van der Waals surface area contributed by atoms with Gasteiger partial charge in [0, 0.05) is 19.1 Å². The van der Waals surface area contributed by atoms with Crippen LogP contribution in [0.5, 0.6) is 0 Å². The third-order valence-corrected chi connectivity index (χ3v) is 2.33. The minimum Gasteiger partial charge on any atom is -0.211 e. The van der Waals surface area contributed by atoms with E-state index in [0.717, 1.165) is 13.1 Å². The van der Waals surface area contributed by atoms with E-state index < -0.39 is 0 Å². The van der Waals surface area contributed by atoms with Gasteiger partial charge in [0.1, 0.15) is 0 Å². The summed E-state index contributed by atoms with van der Waals surface area (Å²) in [5.74, 6) is 0. The zero-order chi connectivity index (χ0) is 6.81. The van der Waals surface area contributed by atoms with E-state index in [1.807, 2.05) is 0 Å². The third-order valence-electron chi connectivity index (χ3n) is 2.33. The van der Waals surface area contributed by atoms with E-state index >= 15 is 0 Å². The van der Waals surface area contributed by atoms with Crippen molar-refractivity contribution in [2.75, 3.05) is 13.1 Å². The highest BCUT2D eigenvalue weighted by molar-refractivity contribution is 4.73. The van der Waals surface area contributed by atoms with Gasteiger partial charge in [-0.15, -0.1) is 0 Å². The average Bonchev–Trinajstić information content (AvgIpc) is 2.05. The molecule has 0 aliphatic carbocycles. The van der Waals surface area contributed by atoms with E-state index in [9.17, 15) is 0 Å². The topological polar surface area (TPSA) is 24.5 Å². The molecule has 2 aliphatic heterocycles. The Labute approximate surface area is 61.2 Å². The zero-order valence-corrected chi connectivity index (χ0v) is 6.18. The average molecular weight is 142 g/mol. The van der Waals surface area contributed by atoms with Crippen LogP contribution in [0.2, 0.25) is 0 Å². The maximum atomic E-state index is 5.27. The van der Waals surface area contributed by atoms with Crippen LogP contribution in [0, 0.1) is 0 Å². The molecule has 0 aromatic carbocycles. The summed E-state index contributed by atoms with van der Waals surface area (Å²) in [6.45, 7) is 2.12. The zero-order valence-electron chi connectivity index (χ0n) is 6.18. The second-order valence-electron chi connectivity index (χ2n) is 3.06. The molecule has 0 spiro atoms. The van der Waals surface area contributed by atoms with Gasteiger partial charge in [0.25, 0.3) is 0 Å². The molecule has 2 fully saturated rings. The molecular formula is C7H14N2O. The van der Waals surface area contributed by atoms with Gasteiger partial charge < -0.3 is 0 Å². The van der Waals surface area contributed by atoms with Crippen molar-refractivity contribution in [1.29, 1.82) is 0 Å². The largest absolute Gasteiger partial charge is 0.211 e. The number of hydroxylamine groups is 3. The second kappa shape index (κ2) is 2.86. The Kier molecular flexibility index (Phi) is 1.88. The van der Waals surface area contributed by atoms with Crippen LogP contribution in [0.1, 0.15) is 25.7 Å². The lowest BCUT2D eigenvalue weighted by molar-refractivity contribution is -0.265. The summed E-state index contributed by atoms with van der Waals surface area (Å²) in [5.41, 5.74) is 2.91. The molecular weight excluding hydrogens is 128 g/mol. The van der Waals surface area contributed by atoms with Crippen molar-refractivity contribution in [1.82, 2.24) is 10.5 Å². The van der Waals surface area contributed by atoms with Crippen molar-refractivity contribution in [2.45, 2.75) is 31.7 Å². The first kappa shape index (κ1) is 6.58. The van der Waals surface area contributed by atoms with E-state index in [0.29, 0.717) is 6.04 Å². The van der Waals surface area contributed by atoms with Gasteiger partial charge in [0.05, 0.1) is 0 Å². The Morgan fingerprint density at radius 3 is 3.20 bits per heavy atom. The van der Waals surface area contributed by atoms with Crippen molar-refractivity contribution >= 4 is 0 Å². The molecule has 3 heteroatoms. The van der Waals surface area contributed by atoms with Gasteiger partial charge in [0.2, 0.25) is 0 Å². The maximum Gasteiger partial charge on any atom is 0.0384 e. The van der Waals surface area contributed by atoms with Gasteiger partial charge in [0.15, 0.2) is 0 Å². The highest BCUT2D eigenvalue weighted by atomic mass is 16.8. The number of piperidine rings is 1. The molecule has 0 radical (unpaired) electrons. The molecule has 0 aromatic rings. The molecule has 2 rings (SSSR count). The van der Waals surface area contributed by atoms with Crippen LogP contribution in [-0.2, 0) is 4.94 Å². The predicted octanol–water partition coefficient (Wildman–Crippen LogP) is 0.681. The summed E-state index contributed by atoms with van der Waals surface area (Å²) in [6, 6.07) is 0.704. The summed E-state index contributed by atoms with van der Waals surface area (Å²) in [4.78, 5) is 5.27. The number of nitrogens with one attached hydrogen (secondary N) is 1. The van der Waals surface area contributed by atoms with Gasteiger partial charge in [-0.2, -0.15) is 10.5 Å². The second-order valence-corrected chi connectivity index (χ2v) is 3.06. The van der Waals surface area contributed by atoms with Gasteiger partial charge in [-0.25, -0.2) is 4.94 Å². The van der Waals surface area contributed by atoms with Gasteiger partial charge in [-0.05, 0) is 19.3 Å². The molecule has 1 N–H and O–H groups in total. The van der Waals surface area contributed by atoms with Crippen LogP contribution >= 0.6 is 0 Å². The molecule has 0 saturated carbocycles. The van der Waals surface area contributed by atoms with E-state index in [4.69, 9.17) is 4.94 Å². The molecule has 58 valence electrons. The predicted molar refractivity (Wildman–Crippen MR) is 38.0 cm³/mol. The third kappa shape index (κ3) is 1.17. The van der Waals surface area contributed by atoms with E-state index in [-0.39, 0.29) is 0 Å². The Balaban J connectivity index is 1.93. The van der Waals surface area contributed by atoms with E-state index in [1.165, 1.54) is 25.7 Å². The summed E-state index contributed by atoms with van der Waals surface area (Å²) >= 11 is 0. The molecule has 0 amide bonds. The van der Waals surface area contributed by atoms with Crippen molar-refractivity contribution in [3.05, 3.63) is 0 Å². The highest BCUT2D eigenvalue weighted by Crippen LogP contribution is 2.20. The SMILES string of the molecule is C1CCN2ONCCC2C1. The van der Waals surface area contributed by atoms with Crippen LogP contribution in [0.3, 0.4) is 0 Å². The molecule has 10 heavy (non-hydrogen) atoms. The first-order chi connectivity index (χ1) is 4.97. The maximum absolute atomic E-state index is 5.27. The van der Waals surface area contributed by atoms with Crippen LogP contribution in [-0.4, -0.2) is 24.2 Å². The Bertz CT molecular complexity index is 92.2. The molecule has 3 nitrogen and oxygen atoms in total. The van der Waals surface area contributed by atoms with E-state index in [1.54, 1.807) is 0 Å². The van der Waals surface area contributed by atoms with Gasteiger partial charge in [-0.1, -0.05) is 6.42 Å². The number of rotatable bonds is 0. The molecule has 0 bridgehead atoms. The van der Waals surface area contributed by atoms with Crippen molar-refractivity contribution in [3.8, 4) is 0 Å². The highest BCUT2D eigenvalue weighted by Gasteiger charge is 2.25. The molecule has 1 unspecified atom stereocenters. The monoisotopic (exact) mass is 142 g/mol. The molecule has 2 saturated heterocycles. The standard InChI is InChI=1S/C7H14N2O/c1-2-6-9-7(3-1)4-5-8-10-9/h7-8H,1-6H2. The molecule has 2 aliphatic rings. The molecule has 0 aromatic heterocycles. The fraction of sp³-hybridized carbons (Fsp3) is 1.00. The van der Waals surface area contributed by atoms with Crippen molar-refractivity contribution in [2.24, 2.45) is 0 Å². The van der Waals surface area contributed by atoms with E-state index in [2.05, 4.69) is 10.5 Å². The summed E-state index contributed by atoms with van der Waals surface area (Å²) in [7, 11) is 0. The fourth-order valence-corrected chi connectivity index (χ4v) is 1.74. The fourth-order valence-electron chi connectivity index (χ4n) is 1.74. The lowest BCUT2D eigenvalue weighted by Crippen LogP contribution is -2.48. The lowest BCUT2D eigenvalue weighted by atomic mass is 10.0. The van der Waals surface area contributed by atoms with Crippen LogP contribution in [0.25, 0.3) is 0 Å². The Morgan fingerprint density at radius 2 is 2.30 bits per heavy atom. The van der Waals surface area contributed by atoms with Crippen molar-refractivity contribution < 1.29 is 4.94 Å². The normalized spacial score (nSPS) is 35.4. The molecule has 2 heterocycles. The lowest BCUT2D eigenvalue weighted by Gasteiger charge is -2.37. The number of hydrogen-bond donors (Lipinski definition) is 1. The minimum absolute atomic E-state index is 0.704. The van der Waals surface area contributed by atoms with Crippen LogP contribution in [0.4, 0.5) is 0 Å². The Morgan fingerprint density at radius 1 is 1.30 bits per heavy atom. The minimum atomic E-state index is 0.704. The van der Waals surface area contributed by atoms with Gasteiger partial charge >= 0.3 is 0 Å². The molecule has 1 atom stereocenters. The first-order valence-corrected chi connectivity index (χ1v) is 4.13. The summed E-state index contributed by atoms with van der Waals surface area (Å²) in [6.07, 6.45) is 5.24. The first-order valence-electron chi connectivity index (χ1n) is 4.13. The number of fused-ring (bicyclic) bond motifs is 1. The Hall–Kier alpha value is -0.120. The summed E-state index contributed by atoms with van der Waals surface area (Å²) < 4.78 is 0. The summed E-state index contributed by atoms with van der Waals surface area (Å²) in [5, 5.41) is 2.09. The van der Waals surface area contributed by atoms with Crippen LogP contribution in [0.15, 0.2) is 0 Å². The quantitative estimate of drug-likeness (QED) is 0.538. The smallest absolute Gasteiger partial charge is 0.0384 e. The number of hydrogen-bond acceptors (Lipinski definition) is 3. The number of nitrogens with zero attached hydrogens (tertiary/aromatic N) is 1. The van der Waals surface area contributed by atoms with Crippen molar-refractivity contribution in [3.63, 3.8) is 0 Å².